The molecule has 0 aliphatic heterocycles. The Morgan fingerprint density at radius 2 is 2.06 bits per heavy atom. The van der Waals surface area contributed by atoms with E-state index < -0.39 is 0 Å². The predicted molar refractivity (Wildman–Crippen MR) is 73.1 cm³/mol. The highest BCUT2D eigenvalue weighted by Gasteiger charge is 2.04. The summed E-state index contributed by atoms with van der Waals surface area (Å²) in [6.07, 6.45) is 2.44. The standard InChI is InChI=1S/C13H13ClN2O2/c1-3-13(18)16-11-6-9(5-10(14)7-11)12(15)4-8(2)17/h3-7H,1,15H2,2H3,(H,16,18). The van der Waals surface area contributed by atoms with Gasteiger partial charge < -0.3 is 11.1 Å². The molecule has 0 unspecified atom stereocenters. The molecule has 1 aromatic rings. The van der Waals surface area contributed by atoms with Crippen molar-refractivity contribution in [3.05, 3.63) is 47.5 Å². The van der Waals surface area contributed by atoms with Gasteiger partial charge in [0.05, 0.1) is 0 Å². The summed E-state index contributed by atoms with van der Waals surface area (Å²) < 4.78 is 0. The molecule has 18 heavy (non-hydrogen) atoms. The van der Waals surface area contributed by atoms with Crippen LogP contribution in [0.5, 0.6) is 0 Å². The van der Waals surface area contributed by atoms with Gasteiger partial charge in [0, 0.05) is 28.0 Å². The lowest BCUT2D eigenvalue weighted by atomic mass is 10.1. The van der Waals surface area contributed by atoms with Crippen LogP contribution >= 0.6 is 11.6 Å². The molecule has 4 nitrogen and oxygen atoms in total. The number of allylic oxidation sites excluding steroid dienone is 1. The van der Waals surface area contributed by atoms with Gasteiger partial charge in [-0.3, -0.25) is 9.59 Å². The molecule has 0 saturated carbocycles. The second kappa shape index (κ2) is 6.02. The van der Waals surface area contributed by atoms with Crippen LogP contribution < -0.4 is 11.1 Å². The van der Waals surface area contributed by atoms with Crippen LogP contribution in [-0.2, 0) is 9.59 Å². The fourth-order valence-electron chi connectivity index (χ4n) is 1.32. The number of carbonyl (C=O) groups is 2. The van der Waals surface area contributed by atoms with E-state index in [9.17, 15) is 9.59 Å². The molecular weight excluding hydrogens is 252 g/mol. The Labute approximate surface area is 110 Å². The molecule has 0 aliphatic rings. The molecule has 0 atom stereocenters. The third kappa shape index (κ3) is 4.07. The van der Waals surface area contributed by atoms with E-state index in [1.165, 1.54) is 13.0 Å². The van der Waals surface area contributed by atoms with Gasteiger partial charge in [0.2, 0.25) is 5.91 Å². The smallest absolute Gasteiger partial charge is 0.247 e. The van der Waals surface area contributed by atoms with Crippen LogP contribution in [0.3, 0.4) is 0 Å². The topological polar surface area (TPSA) is 72.2 Å². The maximum Gasteiger partial charge on any atom is 0.247 e. The molecule has 1 rings (SSSR count). The van der Waals surface area contributed by atoms with E-state index in [1.54, 1.807) is 18.2 Å². The number of nitrogens with two attached hydrogens (primary N) is 1. The van der Waals surface area contributed by atoms with Crippen molar-refractivity contribution in [2.75, 3.05) is 5.32 Å². The molecule has 0 spiro atoms. The first-order chi connectivity index (χ1) is 8.42. The summed E-state index contributed by atoms with van der Waals surface area (Å²) >= 11 is 5.91. The molecule has 5 heteroatoms. The molecule has 0 bridgehead atoms. The molecule has 0 aromatic heterocycles. The van der Waals surface area contributed by atoms with E-state index in [2.05, 4.69) is 11.9 Å². The first kappa shape index (κ1) is 14.0. The van der Waals surface area contributed by atoms with Crippen molar-refractivity contribution in [2.24, 2.45) is 5.73 Å². The van der Waals surface area contributed by atoms with Crippen LogP contribution in [0.2, 0.25) is 5.02 Å². The van der Waals surface area contributed by atoms with Crippen LogP contribution in [0.1, 0.15) is 12.5 Å². The van der Waals surface area contributed by atoms with E-state index in [-0.39, 0.29) is 11.7 Å². The van der Waals surface area contributed by atoms with Crippen LogP contribution in [-0.4, -0.2) is 11.7 Å². The van der Waals surface area contributed by atoms with Gasteiger partial charge >= 0.3 is 0 Å². The van der Waals surface area contributed by atoms with Gasteiger partial charge in [-0.05, 0) is 31.2 Å². The molecule has 3 N–H and O–H groups in total. The molecule has 1 aromatic carbocycles. The van der Waals surface area contributed by atoms with E-state index >= 15 is 0 Å². The average molecular weight is 265 g/mol. The zero-order valence-electron chi connectivity index (χ0n) is 9.87. The Hall–Kier alpha value is -2.07. The van der Waals surface area contributed by atoms with Crippen molar-refractivity contribution in [3.63, 3.8) is 0 Å². The molecular formula is C13H13ClN2O2. The lowest BCUT2D eigenvalue weighted by molar-refractivity contribution is -0.113. The quantitative estimate of drug-likeness (QED) is 0.820. The minimum absolute atomic E-state index is 0.163. The van der Waals surface area contributed by atoms with Crippen molar-refractivity contribution in [1.29, 1.82) is 0 Å². The maximum atomic E-state index is 11.2. The molecule has 0 heterocycles. The normalized spacial score (nSPS) is 10.9. The third-order valence-corrected chi connectivity index (χ3v) is 2.26. The van der Waals surface area contributed by atoms with Gasteiger partial charge in [0.1, 0.15) is 0 Å². The number of nitrogens with one attached hydrogen (secondary N) is 1. The van der Waals surface area contributed by atoms with E-state index in [4.69, 9.17) is 17.3 Å². The summed E-state index contributed by atoms with van der Waals surface area (Å²) in [6.45, 7) is 4.75. The number of amides is 1. The van der Waals surface area contributed by atoms with Gasteiger partial charge in [-0.15, -0.1) is 0 Å². The highest BCUT2D eigenvalue weighted by atomic mass is 35.5. The molecule has 0 aliphatic carbocycles. The molecule has 0 fully saturated rings. The van der Waals surface area contributed by atoms with Gasteiger partial charge in [-0.25, -0.2) is 0 Å². The van der Waals surface area contributed by atoms with Crippen molar-refractivity contribution in [2.45, 2.75) is 6.92 Å². The number of anilines is 1. The minimum Gasteiger partial charge on any atom is -0.398 e. The lowest BCUT2D eigenvalue weighted by Gasteiger charge is -2.07. The summed E-state index contributed by atoms with van der Waals surface area (Å²) in [5.41, 5.74) is 7.09. The summed E-state index contributed by atoms with van der Waals surface area (Å²) in [4.78, 5) is 22.1. The fraction of sp³-hybridized carbons (Fsp3) is 0.0769. The number of hydrogen-bond acceptors (Lipinski definition) is 3. The highest BCUT2D eigenvalue weighted by molar-refractivity contribution is 6.31. The Morgan fingerprint density at radius 1 is 1.39 bits per heavy atom. The lowest BCUT2D eigenvalue weighted by Crippen LogP contribution is -2.08. The number of carbonyl (C=O) groups excluding carboxylic acids is 2. The maximum absolute atomic E-state index is 11.2. The molecule has 0 radical (unpaired) electrons. The van der Waals surface area contributed by atoms with Gasteiger partial charge in [-0.1, -0.05) is 18.2 Å². The first-order valence-corrected chi connectivity index (χ1v) is 5.52. The van der Waals surface area contributed by atoms with Crippen LogP contribution in [0, 0.1) is 0 Å². The Balaban J connectivity index is 3.11. The van der Waals surface area contributed by atoms with Crippen LogP contribution in [0.4, 0.5) is 5.69 Å². The number of rotatable bonds is 4. The Kier molecular flexibility index (Phi) is 4.68. The fourth-order valence-corrected chi connectivity index (χ4v) is 1.56. The summed E-state index contributed by atoms with van der Waals surface area (Å²) in [7, 11) is 0. The van der Waals surface area contributed by atoms with E-state index in [0.29, 0.717) is 22.0 Å². The SMILES string of the molecule is C=CC(=O)Nc1cc(Cl)cc(C(N)=CC(C)=O)c1. The molecule has 0 saturated heterocycles. The summed E-state index contributed by atoms with van der Waals surface area (Å²) in [6, 6.07) is 4.81. The molecule has 94 valence electrons. The number of hydrogen-bond donors (Lipinski definition) is 2. The van der Waals surface area contributed by atoms with Crippen molar-refractivity contribution < 1.29 is 9.59 Å². The largest absolute Gasteiger partial charge is 0.398 e. The zero-order valence-corrected chi connectivity index (χ0v) is 10.6. The van der Waals surface area contributed by atoms with E-state index in [1.807, 2.05) is 0 Å². The number of ketones is 1. The van der Waals surface area contributed by atoms with E-state index in [0.717, 1.165) is 6.08 Å². The number of benzene rings is 1. The van der Waals surface area contributed by atoms with Gasteiger partial charge in [0.15, 0.2) is 5.78 Å². The van der Waals surface area contributed by atoms with Crippen LogP contribution in [0.25, 0.3) is 5.70 Å². The minimum atomic E-state index is -0.350. The zero-order chi connectivity index (χ0) is 13.7. The first-order valence-electron chi connectivity index (χ1n) is 5.14. The van der Waals surface area contributed by atoms with Crippen LogP contribution in [0.15, 0.2) is 36.9 Å². The monoisotopic (exact) mass is 264 g/mol. The van der Waals surface area contributed by atoms with Crippen molar-refractivity contribution >= 4 is 34.7 Å². The third-order valence-electron chi connectivity index (χ3n) is 2.04. The second-order valence-corrected chi connectivity index (χ2v) is 4.07. The second-order valence-electron chi connectivity index (χ2n) is 3.63. The Bertz CT molecular complexity index is 536. The summed E-state index contributed by atoms with van der Waals surface area (Å²) in [5, 5.41) is 2.98. The highest BCUT2D eigenvalue weighted by Crippen LogP contribution is 2.22. The number of halogens is 1. The summed E-state index contributed by atoms with van der Waals surface area (Å²) in [5.74, 6) is -0.513. The van der Waals surface area contributed by atoms with Gasteiger partial charge in [-0.2, -0.15) is 0 Å². The average Bonchev–Trinajstić information content (AvgIpc) is 2.27. The van der Waals surface area contributed by atoms with Gasteiger partial charge in [0.25, 0.3) is 0 Å². The van der Waals surface area contributed by atoms with Crippen molar-refractivity contribution in [3.8, 4) is 0 Å². The predicted octanol–water partition coefficient (Wildman–Crippen LogP) is 2.35. The Morgan fingerprint density at radius 3 is 2.61 bits per heavy atom. The molecule has 1 amide bonds. The van der Waals surface area contributed by atoms with Crippen molar-refractivity contribution in [1.82, 2.24) is 0 Å².